The van der Waals surface area contributed by atoms with Crippen LogP contribution in [0.1, 0.15) is 35.4 Å². The molecule has 1 aromatic heterocycles. The van der Waals surface area contributed by atoms with Crippen LogP contribution in [0.25, 0.3) is 0 Å². The first kappa shape index (κ1) is 21.3. The van der Waals surface area contributed by atoms with Gasteiger partial charge in [0, 0.05) is 11.3 Å². The van der Waals surface area contributed by atoms with Gasteiger partial charge < -0.3 is 20.4 Å². The number of nitrogens with two attached hydrogens (primary N) is 1. The van der Waals surface area contributed by atoms with Crippen molar-refractivity contribution in [3.8, 4) is 0 Å². The Kier molecular flexibility index (Phi) is 7.03. The number of anilines is 1. The molecule has 4 N–H and O–H groups in total. The highest BCUT2D eigenvalue weighted by Crippen LogP contribution is 2.19. The Hall–Kier alpha value is -3.38. The molecule has 0 saturated carbocycles. The molecule has 30 heavy (non-hydrogen) atoms. The van der Waals surface area contributed by atoms with Crippen molar-refractivity contribution in [1.29, 1.82) is 0 Å². The number of hydrogen-bond acceptors (Lipinski definition) is 3. The lowest BCUT2D eigenvalue weighted by Crippen LogP contribution is -2.92. The zero-order chi connectivity index (χ0) is 21.5. The van der Waals surface area contributed by atoms with Crippen molar-refractivity contribution in [3.05, 3.63) is 89.4 Å². The molecule has 0 aliphatic carbocycles. The van der Waals surface area contributed by atoms with Gasteiger partial charge in [-0.3, -0.25) is 9.59 Å². The van der Waals surface area contributed by atoms with E-state index in [0.717, 1.165) is 28.1 Å². The van der Waals surface area contributed by atoms with Crippen molar-refractivity contribution >= 4 is 17.5 Å². The third-order valence-corrected chi connectivity index (χ3v) is 5.07. The lowest BCUT2D eigenvalue weighted by molar-refractivity contribution is -0.706. The van der Waals surface area contributed by atoms with Gasteiger partial charge in [-0.15, -0.1) is 0 Å². The molecule has 0 spiro atoms. The number of para-hydroxylation sites is 1. The quantitative estimate of drug-likeness (QED) is 0.537. The molecule has 0 unspecified atom stereocenters. The lowest BCUT2D eigenvalue weighted by atomic mass is 10.0. The second-order valence-corrected chi connectivity index (χ2v) is 7.42. The Morgan fingerprint density at radius 1 is 0.967 bits per heavy atom. The Morgan fingerprint density at radius 3 is 2.30 bits per heavy atom. The molecule has 0 saturated heterocycles. The Bertz CT molecular complexity index is 964. The molecule has 0 fully saturated rings. The number of hydrogen-bond donors (Lipinski definition) is 3. The molecule has 6 heteroatoms. The van der Waals surface area contributed by atoms with Crippen molar-refractivity contribution in [2.75, 3.05) is 11.9 Å². The number of quaternary nitrogens is 1. The van der Waals surface area contributed by atoms with E-state index in [-0.39, 0.29) is 24.4 Å². The highest BCUT2D eigenvalue weighted by molar-refractivity contribution is 5.96. The largest absolute Gasteiger partial charge is 0.463 e. The van der Waals surface area contributed by atoms with Gasteiger partial charge in [0.1, 0.15) is 0 Å². The fourth-order valence-corrected chi connectivity index (χ4v) is 3.40. The average molecular weight is 407 g/mol. The van der Waals surface area contributed by atoms with Crippen LogP contribution in [0.5, 0.6) is 0 Å². The molecule has 156 valence electrons. The van der Waals surface area contributed by atoms with Crippen molar-refractivity contribution in [2.24, 2.45) is 0 Å². The van der Waals surface area contributed by atoms with E-state index < -0.39 is 6.04 Å². The van der Waals surface area contributed by atoms with E-state index in [1.165, 1.54) is 0 Å². The van der Waals surface area contributed by atoms with E-state index in [1.807, 2.05) is 86.8 Å². The molecule has 0 radical (unpaired) electrons. The van der Waals surface area contributed by atoms with E-state index in [4.69, 9.17) is 4.42 Å². The van der Waals surface area contributed by atoms with Crippen LogP contribution in [0.4, 0.5) is 5.69 Å². The van der Waals surface area contributed by atoms with Gasteiger partial charge in [-0.1, -0.05) is 48.5 Å². The van der Waals surface area contributed by atoms with Crippen LogP contribution < -0.4 is 16.0 Å². The van der Waals surface area contributed by atoms with Gasteiger partial charge in [0.15, 0.2) is 17.8 Å². The maximum absolute atomic E-state index is 12.6. The molecule has 2 amide bonds. The summed E-state index contributed by atoms with van der Waals surface area (Å²) in [5.74, 6) is 0.311. The summed E-state index contributed by atoms with van der Waals surface area (Å²) in [6.45, 7) is 5.62. The number of amides is 2. The molecular formula is C24H28N3O3+. The number of carbonyl (C=O) groups is 2. The summed E-state index contributed by atoms with van der Waals surface area (Å²) in [4.78, 5) is 24.9. The van der Waals surface area contributed by atoms with Crippen LogP contribution in [0, 0.1) is 13.8 Å². The van der Waals surface area contributed by atoms with E-state index in [9.17, 15) is 9.59 Å². The third-order valence-electron chi connectivity index (χ3n) is 5.07. The Balaban J connectivity index is 1.59. The van der Waals surface area contributed by atoms with Crippen LogP contribution in [0.3, 0.4) is 0 Å². The summed E-state index contributed by atoms with van der Waals surface area (Å²) < 4.78 is 5.59. The Morgan fingerprint density at radius 2 is 1.67 bits per heavy atom. The summed E-state index contributed by atoms with van der Waals surface area (Å²) in [5.41, 5.74) is 3.80. The second kappa shape index (κ2) is 9.89. The summed E-state index contributed by atoms with van der Waals surface area (Å²) in [5, 5.41) is 7.55. The first-order valence-corrected chi connectivity index (χ1v) is 10.0. The second-order valence-electron chi connectivity index (χ2n) is 7.42. The summed E-state index contributed by atoms with van der Waals surface area (Å²) in [6.07, 6.45) is 1.63. The first-order valence-electron chi connectivity index (χ1n) is 10.0. The minimum atomic E-state index is -0.409. The van der Waals surface area contributed by atoms with E-state index in [0.29, 0.717) is 0 Å². The normalized spacial score (nSPS) is 12.8. The zero-order valence-electron chi connectivity index (χ0n) is 17.5. The van der Waals surface area contributed by atoms with E-state index >= 15 is 0 Å². The van der Waals surface area contributed by atoms with Crippen molar-refractivity contribution in [3.63, 3.8) is 0 Å². The average Bonchev–Trinajstić information content (AvgIpc) is 3.28. The molecule has 3 rings (SSSR count). The first-order chi connectivity index (χ1) is 14.5. The minimum absolute atomic E-state index is 0.0818. The molecule has 2 atom stereocenters. The molecule has 0 aliphatic heterocycles. The van der Waals surface area contributed by atoms with Crippen LogP contribution >= 0.6 is 0 Å². The standard InChI is InChI=1S/C24H27N3O3/c1-16-9-7-10-17(2)22(16)27-21(28)15-25-24(29)18(3)26-23(20-13-8-14-30-20)19-11-5-4-6-12-19/h4-14,18,23,26H,15H2,1-3H3,(H,25,29)(H,27,28)/p+1/t18-,23+/m0/s1. The maximum atomic E-state index is 12.6. The van der Waals surface area contributed by atoms with Gasteiger partial charge in [0.2, 0.25) is 5.91 Å². The highest BCUT2D eigenvalue weighted by atomic mass is 16.3. The SMILES string of the molecule is Cc1cccc(C)c1NC(=O)CNC(=O)[C@H](C)[NH2+][C@H](c1ccccc1)c1ccco1. The lowest BCUT2D eigenvalue weighted by Gasteiger charge is -2.19. The molecule has 1 heterocycles. The maximum Gasteiger partial charge on any atom is 0.278 e. The molecule has 0 bridgehead atoms. The number of aryl methyl sites for hydroxylation is 2. The van der Waals surface area contributed by atoms with Gasteiger partial charge >= 0.3 is 0 Å². The third kappa shape index (κ3) is 5.36. The topological polar surface area (TPSA) is 88.0 Å². The fourth-order valence-electron chi connectivity index (χ4n) is 3.40. The van der Waals surface area contributed by atoms with Gasteiger partial charge in [-0.25, -0.2) is 0 Å². The van der Waals surface area contributed by atoms with Crippen molar-refractivity contribution in [2.45, 2.75) is 32.9 Å². The number of benzene rings is 2. The smallest absolute Gasteiger partial charge is 0.278 e. The van der Waals surface area contributed by atoms with Gasteiger partial charge in [-0.05, 0) is 44.0 Å². The molecule has 6 nitrogen and oxygen atoms in total. The van der Waals surface area contributed by atoms with Crippen LogP contribution in [-0.4, -0.2) is 24.4 Å². The number of furan rings is 1. The van der Waals surface area contributed by atoms with Crippen molar-refractivity contribution in [1.82, 2.24) is 5.32 Å². The van der Waals surface area contributed by atoms with E-state index in [2.05, 4.69) is 10.6 Å². The number of carbonyl (C=O) groups excluding carboxylic acids is 2. The fraction of sp³-hybridized carbons (Fsp3) is 0.250. The summed E-state index contributed by atoms with van der Waals surface area (Å²) >= 11 is 0. The molecule has 0 aliphatic rings. The summed E-state index contributed by atoms with van der Waals surface area (Å²) in [6, 6.07) is 18.9. The monoisotopic (exact) mass is 406 g/mol. The van der Waals surface area contributed by atoms with Gasteiger partial charge in [0.25, 0.3) is 5.91 Å². The predicted molar refractivity (Wildman–Crippen MR) is 116 cm³/mol. The van der Waals surface area contributed by atoms with Gasteiger partial charge in [-0.2, -0.15) is 0 Å². The summed E-state index contributed by atoms with van der Waals surface area (Å²) in [7, 11) is 0. The Labute approximate surface area is 176 Å². The van der Waals surface area contributed by atoms with Gasteiger partial charge in [0.05, 0.1) is 12.8 Å². The van der Waals surface area contributed by atoms with E-state index in [1.54, 1.807) is 6.26 Å². The van der Waals surface area contributed by atoms with Crippen molar-refractivity contribution < 1.29 is 19.3 Å². The molecular weight excluding hydrogens is 378 g/mol. The molecule has 3 aromatic rings. The minimum Gasteiger partial charge on any atom is -0.463 e. The van der Waals surface area contributed by atoms with Crippen LogP contribution in [0.15, 0.2) is 71.3 Å². The van der Waals surface area contributed by atoms with Crippen LogP contribution in [-0.2, 0) is 9.59 Å². The number of nitrogens with one attached hydrogen (secondary N) is 2. The molecule has 2 aromatic carbocycles. The predicted octanol–water partition coefficient (Wildman–Crippen LogP) is 2.69. The van der Waals surface area contributed by atoms with Crippen LogP contribution in [0.2, 0.25) is 0 Å². The zero-order valence-corrected chi connectivity index (χ0v) is 17.5. The number of rotatable bonds is 8. The highest BCUT2D eigenvalue weighted by Gasteiger charge is 2.26.